The minimum Gasteiger partial charge on any atom is -0.366 e. The topological polar surface area (TPSA) is 22.3 Å². The highest BCUT2D eigenvalue weighted by Gasteiger charge is 2.21. The molecule has 0 amide bonds. The third-order valence-electron chi connectivity index (χ3n) is 4.59. The van der Waals surface area contributed by atoms with Crippen LogP contribution in [-0.2, 0) is 6.54 Å². The second-order valence-corrected chi connectivity index (χ2v) is 6.08. The molecule has 3 aromatic rings. The molecule has 1 aliphatic rings. The standard InChI is InChI=1S/C19H20FN3/c20-17-6-7-18-16(8-9-21-18)19(17)23-12-10-22(11-13-23)14-15-4-2-1-3-5-15/h1-9,21H,10-14H2. The summed E-state index contributed by atoms with van der Waals surface area (Å²) in [5.41, 5.74) is 3.07. The smallest absolute Gasteiger partial charge is 0.147 e. The number of aromatic nitrogens is 1. The van der Waals surface area contributed by atoms with Crippen molar-refractivity contribution >= 4 is 16.6 Å². The first kappa shape index (κ1) is 14.3. The first-order chi connectivity index (χ1) is 11.3. The zero-order valence-corrected chi connectivity index (χ0v) is 13.0. The second kappa shape index (κ2) is 6.05. The molecular formula is C19H20FN3. The molecule has 118 valence electrons. The third kappa shape index (κ3) is 2.82. The summed E-state index contributed by atoms with van der Waals surface area (Å²) in [4.78, 5) is 7.77. The molecule has 4 heteroatoms. The van der Waals surface area contributed by atoms with E-state index >= 15 is 0 Å². The van der Waals surface area contributed by atoms with E-state index < -0.39 is 0 Å². The van der Waals surface area contributed by atoms with Gasteiger partial charge in [0, 0.05) is 49.8 Å². The number of halogens is 1. The summed E-state index contributed by atoms with van der Waals surface area (Å²) in [6.07, 6.45) is 1.87. The van der Waals surface area contributed by atoms with Gasteiger partial charge in [0.05, 0.1) is 5.69 Å². The lowest BCUT2D eigenvalue weighted by Crippen LogP contribution is -2.46. The number of nitrogens with one attached hydrogen (secondary N) is 1. The van der Waals surface area contributed by atoms with Crippen LogP contribution in [0.1, 0.15) is 5.56 Å². The average Bonchev–Trinajstić information content (AvgIpc) is 3.05. The maximum atomic E-state index is 14.4. The molecule has 0 saturated carbocycles. The Labute approximate surface area is 135 Å². The van der Waals surface area contributed by atoms with Crippen molar-refractivity contribution in [3.63, 3.8) is 0 Å². The lowest BCUT2D eigenvalue weighted by molar-refractivity contribution is 0.249. The average molecular weight is 309 g/mol. The summed E-state index contributed by atoms with van der Waals surface area (Å²) in [6, 6.07) is 15.8. The zero-order chi connectivity index (χ0) is 15.6. The summed E-state index contributed by atoms with van der Waals surface area (Å²) in [5, 5.41) is 0.974. The van der Waals surface area contributed by atoms with Crippen molar-refractivity contribution in [3.05, 3.63) is 66.1 Å². The molecule has 0 spiro atoms. The van der Waals surface area contributed by atoms with Gasteiger partial charge in [-0.15, -0.1) is 0 Å². The molecule has 0 bridgehead atoms. The number of hydrogen-bond acceptors (Lipinski definition) is 2. The van der Waals surface area contributed by atoms with Gasteiger partial charge < -0.3 is 9.88 Å². The molecule has 0 radical (unpaired) electrons. The van der Waals surface area contributed by atoms with Crippen LogP contribution in [0.2, 0.25) is 0 Å². The minimum atomic E-state index is -0.131. The van der Waals surface area contributed by atoms with Gasteiger partial charge in [-0.2, -0.15) is 0 Å². The lowest BCUT2D eigenvalue weighted by Gasteiger charge is -2.36. The van der Waals surface area contributed by atoms with Crippen LogP contribution in [-0.4, -0.2) is 36.1 Å². The summed E-state index contributed by atoms with van der Waals surface area (Å²) < 4.78 is 14.4. The lowest BCUT2D eigenvalue weighted by atomic mass is 10.1. The molecule has 2 heterocycles. The van der Waals surface area contributed by atoms with Gasteiger partial charge in [0.15, 0.2) is 0 Å². The fourth-order valence-corrected chi connectivity index (χ4v) is 3.38. The molecule has 23 heavy (non-hydrogen) atoms. The summed E-state index contributed by atoms with van der Waals surface area (Å²) in [6.45, 7) is 4.58. The van der Waals surface area contributed by atoms with E-state index in [1.54, 1.807) is 12.1 Å². The summed E-state index contributed by atoms with van der Waals surface area (Å²) in [5.74, 6) is -0.131. The van der Waals surface area contributed by atoms with E-state index in [2.05, 4.69) is 39.0 Å². The number of aromatic amines is 1. The van der Waals surface area contributed by atoms with Crippen LogP contribution in [0.25, 0.3) is 10.9 Å². The Morgan fingerprint density at radius 1 is 0.913 bits per heavy atom. The van der Waals surface area contributed by atoms with Crippen molar-refractivity contribution in [2.45, 2.75) is 6.54 Å². The molecule has 0 atom stereocenters. The van der Waals surface area contributed by atoms with E-state index in [1.165, 1.54) is 5.56 Å². The quantitative estimate of drug-likeness (QED) is 0.798. The van der Waals surface area contributed by atoms with Gasteiger partial charge in [-0.25, -0.2) is 4.39 Å². The third-order valence-corrected chi connectivity index (χ3v) is 4.59. The number of benzene rings is 2. The number of nitrogens with zero attached hydrogens (tertiary/aromatic N) is 2. The molecule has 0 aliphatic carbocycles. The van der Waals surface area contributed by atoms with Crippen LogP contribution in [0.5, 0.6) is 0 Å². The van der Waals surface area contributed by atoms with E-state index in [0.29, 0.717) is 0 Å². The SMILES string of the molecule is Fc1ccc2[nH]ccc2c1N1CCN(Cc2ccccc2)CC1. The van der Waals surface area contributed by atoms with Crippen molar-refractivity contribution < 1.29 is 4.39 Å². The van der Waals surface area contributed by atoms with E-state index in [9.17, 15) is 4.39 Å². The van der Waals surface area contributed by atoms with Crippen LogP contribution >= 0.6 is 0 Å². The molecular weight excluding hydrogens is 289 g/mol. The first-order valence-electron chi connectivity index (χ1n) is 8.08. The maximum absolute atomic E-state index is 14.4. The number of H-pyrrole nitrogens is 1. The second-order valence-electron chi connectivity index (χ2n) is 6.08. The fourth-order valence-electron chi connectivity index (χ4n) is 3.38. The van der Waals surface area contributed by atoms with E-state index in [0.717, 1.165) is 49.3 Å². The molecule has 1 N–H and O–H groups in total. The van der Waals surface area contributed by atoms with Gasteiger partial charge >= 0.3 is 0 Å². The van der Waals surface area contributed by atoms with Crippen molar-refractivity contribution in [1.82, 2.24) is 9.88 Å². The fraction of sp³-hybridized carbons (Fsp3) is 0.263. The zero-order valence-electron chi connectivity index (χ0n) is 13.0. The molecule has 1 fully saturated rings. The molecule has 4 rings (SSSR count). The van der Waals surface area contributed by atoms with E-state index in [1.807, 2.05) is 18.3 Å². The van der Waals surface area contributed by atoms with Gasteiger partial charge in [-0.3, -0.25) is 4.90 Å². The van der Waals surface area contributed by atoms with Crippen LogP contribution in [0.15, 0.2) is 54.7 Å². The maximum Gasteiger partial charge on any atom is 0.147 e. The Kier molecular flexibility index (Phi) is 3.75. The Morgan fingerprint density at radius 3 is 2.48 bits per heavy atom. The van der Waals surface area contributed by atoms with Crippen molar-refractivity contribution in [3.8, 4) is 0 Å². The normalized spacial score (nSPS) is 16.1. The number of piperazine rings is 1. The minimum absolute atomic E-state index is 0.131. The monoisotopic (exact) mass is 309 g/mol. The van der Waals surface area contributed by atoms with E-state index in [4.69, 9.17) is 0 Å². The summed E-state index contributed by atoms with van der Waals surface area (Å²) >= 11 is 0. The Hall–Kier alpha value is -2.33. The van der Waals surface area contributed by atoms with Gasteiger partial charge in [-0.1, -0.05) is 30.3 Å². The number of anilines is 1. The van der Waals surface area contributed by atoms with Gasteiger partial charge in [-0.05, 0) is 23.8 Å². The highest BCUT2D eigenvalue weighted by molar-refractivity contribution is 5.92. The summed E-state index contributed by atoms with van der Waals surface area (Å²) in [7, 11) is 0. The van der Waals surface area contributed by atoms with Crippen LogP contribution in [0.4, 0.5) is 10.1 Å². The van der Waals surface area contributed by atoms with Crippen LogP contribution in [0, 0.1) is 5.82 Å². The van der Waals surface area contributed by atoms with Crippen molar-refractivity contribution in [2.75, 3.05) is 31.1 Å². The van der Waals surface area contributed by atoms with Crippen LogP contribution < -0.4 is 4.90 Å². The molecule has 3 nitrogen and oxygen atoms in total. The molecule has 2 aromatic carbocycles. The predicted molar refractivity (Wildman–Crippen MR) is 92.2 cm³/mol. The predicted octanol–water partition coefficient (Wildman–Crippen LogP) is 3.63. The first-order valence-corrected chi connectivity index (χ1v) is 8.08. The van der Waals surface area contributed by atoms with E-state index in [-0.39, 0.29) is 5.82 Å². The molecule has 0 unspecified atom stereocenters. The van der Waals surface area contributed by atoms with Gasteiger partial charge in [0.2, 0.25) is 0 Å². The molecule has 1 aliphatic heterocycles. The number of fused-ring (bicyclic) bond motifs is 1. The Morgan fingerprint density at radius 2 is 1.70 bits per heavy atom. The number of rotatable bonds is 3. The van der Waals surface area contributed by atoms with Crippen LogP contribution in [0.3, 0.4) is 0 Å². The number of hydrogen-bond donors (Lipinski definition) is 1. The van der Waals surface area contributed by atoms with Crippen molar-refractivity contribution in [2.24, 2.45) is 0 Å². The highest BCUT2D eigenvalue weighted by Crippen LogP contribution is 2.30. The largest absolute Gasteiger partial charge is 0.366 e. The van der Waals surface area contributed by atoms with Gasteiger partial charge in [0.25, 0.3) is 0 Å². The Bertz CT molecular complexity index is 789. The molecule has 1 saturated heterocycles. The highest BCUT2D eigenvalue weighted by atomic mass is 19.1. The Balaban J connectivity index is 1.49. The van der Waals surface area contributed by atoms with Crippen molar-refractivity contribution in [1.29, 1.82) is 0 Å². The van der Waals surface area contributed by atoms with Gasteiger partial charge in [0.1, 0.15) is 5.82 Å². The molecule has 1 aromatic heterocycles.